The minimum absolute atomic E-state index is 0.158. The number of fused-ring (bicyclic) bond motifs is 1. The summed E-state index contributed by atoms with van der Waals surface area (Å²) in [5, 5.41) is 4.02. The van der Waals surface area contributed by atoms with Gasteiger partial charge >= 0.3 is 0 Å². The van der Waals surface area contributed by atoms with Crippen LogP contribution in [-0.4, -0.2) is 15.9 Å². The second-order valence-corrected chi connectivity index (χ2v) is 6.74. The van der Waals surface area contributed by atoms with E-state index < -0.39 is 0 Å². The normalized spacial score (nSPS) is 10.8. The highest BCUT2D eigenvalue weighted by molar-refractivity contribution is 6.07. The van der Waals surface area contributed by atoms with Crippen LogP contribution in [0.2, 0.25) is 0 Å². The molecule has 2 aromatic carbocycles. The molecule has 4 nitrogen and oxygen atoms in total. The zero-order chi connectivity index (χ0) is 19.5. The Morgan fingerprint density at radius 2 is 1.79 bits per heavy atom. The molecular formula is C24H21N3O. The number of hydrogen-bond donors (Lipinski definition) is 1. The minimum atomic E-state index is -0.158. The van der Waals surface area contributed by atoms with Crippen molar-refractivity contribution >= 4 is 22.5 Å². The lowest BCUT2D eigenvalue weighted by Gasteiger charge is -2.13. The molecule has 2 aromatic heterocycles. The standard InChI is InChI=1S/C24H21N3O/c1-3-17-9-11-18(12-10-17)27-24(28)22-15-25-14-21(16(22)2)19-6-4-8-23-20(19)7-5-13-26-23/h4-15H,3H2,1-2H3,(H,27,28). The van der Waals surface area contributed by atoms with Crippen LogP contribution in [0.1, 0.15) is 28.4 Å². The number of aryl methyl sites for hydroxylation is 1. The number of pyridine rings is 2. The first-order valence-electron chi connectivity index (χ1n) is 9.36. The summed E-state index contributed by atoms with van der Waals surface area (Å²) in [6.45, 7) is 4.07. The van der Waals surface area contributed by atoms with Crippen molar-refractivity contribution < 1.29 is 4.79 Å². The number of hydrogen-bond acceptors (Lipinski definition) is 3. The smallest absolute Gasteiger partial charge is 0.257 e. The van der Waals surface area contributed by atoms with Gasteiger partial charge in [-0.2, -0.15) is 0 Å². The lowest BCUT2D eigenvalue weighted by molar-refractivity contribution is 0.102. The van der Waals surface area contributed by atoms with Crippen molar-refractivity contribution in [3.05, 3.63) is 89.9 Å². The number of nitrogens with one attached hydrogen (secondary N) is 1. The molecule has 28 heavy (non-hydrogen) atoms. The van der Waals surface area contributed by atoms with Gasteiger partial charge in [0.2, 0.25) is 0 Å². The predicted molar refractivity (Wildman–Crippen MR) is 113 cm³/mol. The molecular weight excluding hydrogens is 346 g/mol. The molecule has 0 saturated heterocycles. The van der Waals surface area contributed by atoms with E-state index in [-0.39, 0.29) is 5.91 Å². The van der Waals surface area contributed by atoms with Gasteiger partial charge in [-0.3, -0.25) is 14.8 Å². The van der Waals surface area contributed by atoms with Crippen molar-refractivity contribution in [3.8, 4) is 11.1 Å². The average molecular weight is 367 g/mol. The molecule has 4 rings (SSSR count). The molecule has 0 bridgehead atoms. The van der Waals surface area contributed by atoms with Crippen LogP contribution in [0.25, 0.3) is 22.0 Å². The first-order chi connectivity index (χ1) is 13.7. The predicted octanol–water partition coefficient (Wildman–Crippen LogP) is 5.42. The van der Waals surface area contributed by atoms with Crippen LogP contribution in [0.15, 0.2) is 73.2 Å². The molecule has 0 aliphatic rings. The molecule has 0 unspecified atom stereocenters. The molecule has 0 fully saturated rings. The van der Waals surface area contributed by atoms with Crippen molar-refractivity contribution in [3.63, 3.8) is 0 Å². The van der Waals surface area contributed by atoms with Crippen LogP contribution in [0.4, 0.5) is 5.69 Å². The fourth-order valence-electron chi connectivity index (χ4n) is 3.39. The number of carbonyl (C=O) groups is 1. The molecule has 138 valence electrons. The van der Waals surface area contributed by atoms with Crippen molar-refractivity contribution in [1.82, 2.24) is 9.97 Å². The summed E-state index contributed by atoms with van der Waals surface area (Å²) < 4.78 is 0. The van der Waals surface area contributed by atoms with Crippen molar-refractivity contribution in [2.24, 2.45) is 0 Å². The Morgan fingerprint density at radius 3 is 2.57 bits per heavy atom. The maximum absolute atomic E-state index is 12.9. The molecule has 0 spiro atoms. The monoisotopic (exact) mass is 367 g/mol. The van der Waals surface area contributed by atoms with Gasteiger partial charge in [-0.15, -0.1) is 0 Å². The second kappa shape index (κ2) is 7.61. The molecule has 4 aromatic rings. The Labute approximate surface area is 164 Å². The summed E-state index contributed by atoms with van der Waals surface area (Å²) in [5.74, 6) is -0.158. The van der Waals surface area contributed by atoms with E-state index in [1.165, 1.54) is 5.56 Å². The number of benzene rings is 2. The Kier molecular flexibility index (Phi) is 4.85. The highest BCUT2D eigenvalue weighted by Gasteiger charge is 2.15. The average Bonchev–Trinajstić information content (AvgIpc) is 2.74. The maximum atomic E-state index is 12.9. The summed E-state index contributed by atoms with van der Waals surface area (Å²) in [5.41, 5.74) is 6.37. The Hall–Kier alpha value is -3.53. The van der Waals surface area contributed by atoms with Crippen LogP contribution < -0.4 is 5.32 Å². The molecule has 0 atom stereocenters. The summed E-state index contributed by atoms with van der Waals surface area (Å²) in [6.07, 6.45) is 6.19. The van der Waals surface area contributed by atoms with Gasteiger partial charge in [0, 0.05) is 35.2 Å². The molecule has 1 amide bonds. The van der Waals surface area contributed by atoms with E-state index in [9.17, 15) is 4.79 Å². The van der Waals surface area contributed by atoms with Crippen molar-refractivity contribution in [1.29, 1.82) is 0 Å². The zero-order valence-electron chi connectivity index (χ0n) is 15.9. The second-order valence-electron chi connectivity index (χ2n) is 6.74. The highest BCUT2D eigenvalue weighted by atomic mass is 16.1. The van der Waals surface area contributed by atoms with Crippen LogP contribution in [0, 0.1) is 6.92 Å². The van der Waals surface area contributed by atoms with Gasteiger partial charge in [-0.05, 0) is 54.3 Å². The Bertz CT molecular complexity index is 1140. The van der Waals surface area contributed by atoms with Crippen LogP contribution >= 0.6 is 0 Å². The largest absolute Gasteiger partial charge is 0.322 e. The first-order valence-corrected chi connectivity index (χ1v) is 9.36. The van der Waals surface area contributed by atoms with Gasteiger partial charge in [-0.25, -0.2) is 0 Å². The number of anilines is 1. The van der Waals surface area contributed by atoms with Crippen molar-refractivity contribution in [2.45, 2.75) is 20.3 Å². The van der Waals surface area contributed by atoms with Crippen LogP contribution in [0.3, 0.4) is 0 Å². The third-order valence-corrected chi connectivity index (χ3v) is 5.02. The minimum Gasteiger partial charge on any atom is -0.322 e. The van der Waals surface area contributed by atoms with Gasteiger partial charge in [0.05, 0.1) is 11.1 Å². The van der Waals surface area contributed by atoms with Gasteiger partial charge in [-0.1, -0.05) is 37.3 Å². The van der Waals surface area contributed by atoms with E-state index >= 15 is 0 Å². The van der Waals surface area contributed by atoms with E-state index in [0.717, 1.165) is 39.7 Å². The topological polar surface area (TPSA) is 54.9 Å². The van der Waals surface area contributed by atoms with Gasteiger partial charge in [0.1, 0.15) is 0 Å². The number of rotatable bonds is 4. The highest BCUT2D eigenvalue weighted by Crippen LogP contribution is 2.31. The van der Waals surface area contributed by atoms with E-state index in [2.05, 4.69) is 22.2 Å². The van der Waals surface area contributed by atoms with Crippen LogP contribution in [-0.2, 0) is 6.42 Å². The summed E-state index contributed by atoms with van der Waals surface area (Å²) in [7, 11) is 0. The molecule has 0 aliphatic heterocycles. The van der Waals surface area contributed by atoms with E-state index in [4.69, 9.17) is 0 Å². The molecule has 0 aliphatic carbocycles. The third kappa shape index (κ3) is 3.37. The van der Waals surface area contributed by atoms with Crippen molar-refractivity contribution in [2.75, 3.05) is 5.32 Å². The summed E-state index contributed by atoms with van der Waals surface area (Å²) in [4.78, 5) is 21.6. The fourth-order valence-corrected chi connectivity index (χ4v) is 3.39. The first kappa shape index (κ1) is 17.9. The van der Waals surface area contributed by atoms with Gasteiger partial charge < -0.3 is 5.32 Å². The fraction of sp³-hybridized carbons (Fsp3) is 0.125. The number of aromatic nitrogens is 2. The summed E-state index contributed by atoms with van der Waals surface area (Å²) in [6, 6.07) is 17.9. The van der Waals surface area contributed by atoms with Gasteiger partial charge in [0.25, 0.3) is 5.91 Å². The van der Waals surface area contributed by atoms with Gasteiger partial charge in [0.15, 0.2) is 0 Å². The molecule has 0 radical (unpaired) electrons. The van der Waals surface area contributed by atoms with Crippen LogP contribution in [0.5, 0.6) is 0 Å². The molecule has 2 heterocycles. The van der Waals surface area contributed by atoms with E-state index in [0.29, 0.717) is 5.56 Å². The number of nitrogens with zero attached hydrogens (tertiary/aromatic N) is 2. The maximum Gasteiger partial charge on any atom is 0.257 e. The zero-order valence-corrected chi connectivity index (χ0v) is 15.9. The van der Waals surface area contributed by atoms with E-state index in [1.54, 1.807) is 12.4 Å². The molecule has 0 saturated carbocycles. The molecule has 1 N–H and O–H groups in total. The summed E-state index contributed by atoms with van der Waals surface area (Å²) >= 11 is 0. The Balaban J connectivity index is 1.71. The third-order valence-electron chi connectivity index (χ3n) is 5.02. The Morgan fingerprint density at radius 1 is 0.964 bits per heavy atom. The van der Waals surface area contributed by atoms with E-state index in [1.807, 2.05) is 67.7 Å². The quantitative estimate of drug-likeness (QED) is 0.524. The number of carbonyl (C=O) groups excluding carboxylic acids is 1. The SMILES string of the molecule is CCc1ccc(NC(=O)c2cncc(-c3cccc4ncccc34)c2C)cc1. The lowest BCUT2D eigenvalue weighted by Crippen LogP contribution is -2.14. The molecule has 4 heteroatoms. The number of amides is 1. The lowest BCUT2D eigenvalue weighted by atomic mass is 9.96.